The highest BCUT2D eigenvalue weighted by Crippen LogP contribution is 2.29. The maximum atomic E-state index is 8.96. The van der Waals surface area contributed by atoms with Crippen LogP contribution in [-0.4, -0.2) is 27.9 Å². The number of rotatable bonds is 2. The van der Waals surface area contributed by atoms with Gasteiger partial charge in [-0.25, -0.2) is 0 Å². The molecule has 3 atom stereocenters. The molecule has 2 rings (SSSR count). The Balaban J connectivity index is 2.19. The highest BCUT2D eigenvalue weighted by Gasteiger charge is 2.29. The van der Waals surface area contributed by atoms with Gasteiger partial charge in [-0.1, -0.05) is 13.8 Å². The average molecular weight is 235 g/mol. The van der Waals surface area contributed by atoms with Crippen LogP contribution in [0.1, 0.15) is 32.9 Å². The van der Waals surface area contributed by atoms with Gasteiger partial charge in [-0.3, -0.25) is 0 Å². The van der Waals surface area contributed by atoms with E-state index in [2.05, 4.69) is 35.9 Å². The first-order valence-corrected chi connectivity index (χ1v) is 6.32. The molecule has 0 saturated carbocycles. The minimum atomic E-state index is -0.0460. The molecule has 0 amide bonds. The third kappa shape index (κ3) is 2.57. The van der Waals surface area contributed by atoms with E-state index in [1.807, 2.05) is 12.1 Å². The predicted octanol–water partition coefficient (Wildman–Crippen LogP) is 1.84. The lowest BCUT2D eigenvalue weighted by Gasteiger charge is -2.41. The van der Waals surface area contributed by atoms with Gasteiger partial charge in [-0.2, -0.15) is 5.10 Å². The van der Waals surface area contributed by atoms with Crippen LogP contribution >= 0.6 is 0 Å². The first kappa shape index (κ1) is 12.3. The minimum Gasteiger partial charge on any atom is -0.390 e. The summed E-state index contributed by atoms with van der Waals surface area (Å²) >= 11 is 0. The van der Waals surface area contributed by atoms with Crippen molar-refractivity contribution in [2.75, 3.05) is 11.4 Å². The van der Waals surface area contributed by atoms with E-state index in [1.54, 1.807) is 0 Å². The van der Waals surface area contributed by atoms with Crippen LogP contribution in [0.4, 0.5) is 5.82 Å². The zero-order chi connectivity index (χ0) is 12.4. The van der Waals surface area contributed by atoms with Crippen molar-refractivity contribution in [1.29, 1.82) is 0 Å². The molecule has 1 aromatic heterocycles. The molecule has 1 N–H and O–H groups in total. The summed E-state index contributed by atoms with van der Waals surface area (Å²) in [6, 6.07) is 4.30. The fourth-order valence-electron chi connectivity index (χ4n) is 2.61. The van der Waals surface area contributed by atoms with Crippen LogP contribution in [0.25, 0.3) is 0 Å². The molecule has 0 aromatic carbocycles. The van der Waals surface area contributed by atoms with Crippen molar-refractivity contribution in [3.05, 3.63) is 17.8 Å². The molecule has 3 unspecified atom stereocenters. The van der Waals surface area contributed by atoms with E-state index in [0.717, 1.165) is 12.4 Å². The predicted molar refractivity (Wildman–Crippen MR) is 67.7 cm³/mol. The highest BCUT2D eigenvalue weighted by molar-refractivity contribution is 5.39. The molecular weight excluding hydrogens is 214 g/mol. The lowest BCUT2D eigenvalue weighted by molar-refractivity contribution is 0.274. The Hall–Kier alpha value is -1.16. The number of piperidine rings is 1. The number of hydrogen-bond donors (Lipinski definition) is 1. The number of aliphatic hydroxyl groups excluding tert-OH is 1. The van der Waals surface area contributed by atoms with Gasteiger partial charge < -0.3 is 10.0 Å². The quantitative estimate of drug-likeness (QED) is 0.849. The Bertz CT molecular complexity index is 365. The molecule has 17 heavy (non-hydrogen) atoms. The first-order chi connectivity index (χ1) is 8.11. The van der Waals surface area contributed by atoms with E-state index in [9.17, 15) is 0 Å². The Kier molecular flexibility index (Phi) is 3.62. The molecule has 0 radical (unpaired) electrons. The molecule has 0 aliphatic carbocycles. The van der Waals surface area contributed by atoms with Crippen LogP contribution in [0.3, 0.4) is 0 Å². The minimum absolute atomic E-state index is 0.0460. The average Bonchev–Trinajstić information content (AvgIpc) is 2.34. The van der Waals surface area contributed by atoms with Crippen LogP contribution in [0.2, 0.25) is 0 Å². The summed E-state index contributed by atoms with van der Waals surface area (Å²) in [4.78, 5) is 2.33. The topological polar surface area (TPSA) is 49.2 Å². The summed E-state index contributed by atoms with van der Waals surface area (Å²) in [5, 5.41) is 17.2. The summed E-state index contributed by atoms with van der Waals surface area (Å²) in [7, 11) is 0. The van der Waals surface area contributed by atoms with Crippen molar-refractivity contribution in [3.63, 3.8) is 0 Å². The second-order valence-electron chi connectivity index (χ2n) is 5.25. The second-order valence-corrected chi connectivity index (χ2v) is 5.25. The number of aromatic nitrogens is 2. The number of aliphatic hydroxyl groups is 1. The summed E-state index contributed by atoms with van der Waals surface area (Å²) in [5.41, 5.74) is 0.625. The summed E-state index contributed by atoms with van der Waals surface area (Å²) in [6.45, 7) is 7.82. The lowest BCUT2D eigenvalue weighted by Crippen LogP contribution is -2.46. The lowest BCUT2D eigenvalue weighted by atomic mass is 9.86. The summed E-state index contributed by atoms with van der Waals surface area (Å²) in [5.74, 6) is 2.30. The van der Waals surface area contributed by atoms with Gasteiger partial charge in [0, 0.05) is 12.6 Å². The van der Waals surface area contributed by atoms with Crippen molar-refractivity contribution in [2.45, 2.75) is 39.8 Å². The normalized spacial score (nSPS) is 29.4. The zero-order valence-electron chi connectivity index (χ0n) is 10.8. The molecule has 0 bridgehead atoms. The molecule has 1 aliphatic heterocycles. The fraction of sp³-hybridized carbons (Fsp3) is 0.692. The van der Waals surface area contributed by atoms with Crippen molar-refractivity contribution in [2.24, 2.45) is 11.8 Å². The van der Waals surface area contributed by atoms with Gasteiger partial charge in [0.15, 0.2) is 5.82 Å². The molecular formula is C13H21N3O. The molecule has 2 heterocycles. The number of anilines is 1. The zero-order valence-corrected chi connectivity index (χ0v) is 10.8. The Morgan fingerprint density at radius 1 is 1.29 bits per heavy atom. The van der Waals surface area contributed by atoms with E-state index >= 15 is 0 Å². The monoisotopic (exact) mass is 235 g/mol. The Labute approximate surface area is 103 Å². The van der Waals surface area contributed by atoms with E-state index in [0.29, 0.717) is 23.6 Å². The van der Waals surface area contributed by atoms with E-state index < -0.39 is 0 Å². The van der Waals surface area contributed by atoms with E-state index in [1.165, 1.54) is 6.42 Å². The van der Waals surface area contributed by atoms with Gasteiger partial charge in [0.2, 0.25) is 0 Å². The Morgan fingerprint density at radius 2 is 2.06 bits per heavy atom. The molecule has 94 valence electrons. The standard InChI is InChI=1S/C13H21N3O/c1-9-6-10(2)11(3)16(7-9)13-5-4-12(8-17)14-15-13/h4-5,9-11,17H,6-8H2,1-3H3. The molecule has 1 saturated heterocycles. The van der Waals surface area contributed by atoms with Crippen molar-refractivity contribution >= 4 is 5.82 Å². The molecule has 4 nitrogen and oxygen atoms in total. The summed E-state index contributed by atoms with van der Waals surface area (Å²) in [6.07, 6.45) is 1.28. The molecule has 1 aliphatic rings. The van der Waals surface area contributed by atoms with Gasteiger partial charge in [-0.15, -0.1) is 5.10 Å². The largest absolute Gasteiger partial charge is 0.390 e. The van der Waals surface area contributed by atoms with Crippen molar-refractivity contribution in [3.8, 4) is 0 Å². The first-order valence-electron chi connectivity index (χ1n) is 6.32. The summed E-state index contributed by atoms with van der Waals surface area (Å²) < 4.78 is 0. The maximum absolute atomic E-state index is 8.96. The molecule has 0 spiro atoms. The third-order valence-corrected chi connectivity index (χ3v) is 3.76. The van der Waals surface area contributed by atoms with Gasteiger partial charge in [-0.05, 0) is 37.3 Å². The highest BCUT2D eigenvalue weighted by atomic mass is 16.3. The fourth-order valence-corrected chi connectivity index (χ4v) is 2.61. The molecule has 1 fully saturated rings. The van der Waals surface area contributed by atoms with Crippen LogP contribution in [-0.2, 0) is 6.61 Å². The van der Waals surface area contributed by atoms with E-state index in [4.69, 9.17) is 5.11 Å². The van der Waals surface area contributed by atoms with Crippen LogP contribution in [0.5, 0.6) is 0 Å². The van der Waals surface area contributed by atoms with E-state index in [-0.39, 0.29) is 6.61 Å². The van der Waals surface area contributed by atoms with Gasteiger partial charge in [0.05, 0.1) is 12.3 Å². The van der Waals surface area contributed by atoms with Crippen LogP contribution < -0.4 is 4.90 Å². The van der Waals surface area contributed by atoms with Gasteiger partial charge >= 0.3 is 0 Å². The van der Waals surface area contributed by atoms with Crippen molar-refractivity contribution < 1.29 is 5.11 Å². The maximum Gasteiger partial charge on any atom is 0.151 e. The molecule has 1 aromatic rings. The SMILES string of the molecule is CC1CC(C)C(C)N(c2ccc(CO)nn2)C1. The van der Waals surface area contributed by atoms with Gasteiger partial charge in [0.25, 0.3) is 0 Å². The third-order valence-electron chi connectivity index (χ3n) is 3.76. The number of nitrogens with zero attached hydrogens (tertiary/aromatic N) is 3. The Morgan fingerprint density at radius 3 is 2.65 bits per heavy atom. The molecule has 4 heteroatoms. The van der Waals surface area contributed by atoms with Crippen LogP contribution in [0, 0.1) is 11.8 Å². The van der Waals surface area contributed by atoms with Crippen molar-refractivity contribution in [1.82, 2.24) is 10.2 Å². The smallest absolute Gasteiger partial charge is 0.151 e. The second kappa shape index (κ2) is 5.00. The van der Waals surface area contributed by atoms with Crippen LogP contribution in [0.15, 0.2) is 12.1 Å². The number of hydrogen-bond acceptors (Lipinski definition) is 4. The van der Waals surface area contributed by atoms with Gasteiger partial charge in [0.1, 0.15) is 0 Å².